The van der Waals surface area contributed by atoms with E-state index in [-0.39, 0.29) is 12.1 Å². The van der Waals surface area contributed by atoms with Crippen LogP contribution in [0, 0.1) is 5.82 Å². The van der Waals surface area contributed by atoms with E-state index in [0.717, 1.165) is 0 Å². The van der Waals surface area contributed by atoms with Gasteiger partial charge in [0.1, 0.15) is 11.7 Å². The minimum absolute atomic E-state index is 0.000529. The smallest absolute Gasteiger partial charge is 0.312 e. The lowest BCUT2D eigenvalue weighted by Gasteiger charge is -2.18. The van der Waals surface area contributed by atoms with Gasteiger partial charge in [0, 0.05) is 16.7 Å². The number of hydrogen-bond donors (Lipinski definition) is 1. The molecule has 0 fully saturated rings. The van der Waals surface area contributed by atoms with Crippen molar-refractivity contribution in [1.29, 1.82) is 0 Å². The Morgan fingerprint density at radius 1 is 1.23 bits per heavy atom. The predicted octanol–water partition coefficient (Wildman–Crippen LogP) is 3.42. The third-order valence-electron chi connectivity index (χ3n) is 3.67. The van der Waals surface area contributed by atoms with E-state index < -0.39 is 23.6 Å². The molecule has 1 heterocycles. The van der Waals surface area contributed by atoms with Crippen LogP contribution >= 0.6 is 15.9 Å². The average molecular weight is 364 g/mol. The molecule has 2 aromatic carbocycles. The first-order valence-electron chi connectivity index (χ1n) is 6.57. The second-order valence-electron chi connectivity index (χ2n) is 4.99. The summed E-state index contributed by atoms with van der Waals surface area (Å²) < 4.78 is 14.5. The van der Waals surface area contributed by atoms with Crippen LogP contribution in [0.25, 0.3) is 0 Å². The Balaban J connectivity index is 2.04. The maximum absolute atomic E-state index is 13.9. The van der Waals surface area contributed by atoms with Gasteiger partial charge in [-0.15, -0.1) is 0 Å². The first-order valence-corrected chi connectivity index (χ1v) is 7.37. The number of amides is 1. The van der Waals surface area contributed by atoms with Crippen molar-refractivity contribution in [2.45, 2.75) is 5.92 Å². The van der Waals surface area contributed by atoms with E-state index in [1.165, 1.54) is 23.1 Å². The highest BCUT2D eigenvalue weighted by atomic mass is 79.9. The van der Waals surface area contributed by atoms with Crippen LogP contribution in [0.3, 0.4) is 0 Å². The van der Waals surface area contributed by atoms with Crippen molar-refractivity contribution in [3.63, 3.8) is 0 Å². The van der Waals surface area contributed by atoms with Crippen LogP contribution in [0.1, 0.15) is 21.8 Å². The molecule has 0 bridgehead atoms. The first-order chi connectivity index (χ1) is 10.5. The number of carbonyl (C=O) groups is 2. The molecule has 4 nitrogen and oxygen atoms in total. The monoisotopic (exact) mass is 363 g/mol. The van der Waals surface area contributed by atoms with Crippen molar-refractivity contribution in [2.24, 2.45) is 0 Å². The lowest BCUT2D eigenvalue weighted by Crippen LogP contribution is -2.31. The SMILES string of the molecule is O=C(O)[C@@H]1CN(C(=O)c2cc(Br)ccc2F)c2ccccc21. The van der Waals surface area contributed by atoms with Crippen LogP contribution in [-0.2, 0) is 4.79 Å². The standard InChI is InChI=1S/C16H11BrFNO3/c17-9-5-6-13(18)11(7-9)15(20)19-8-12(16(21)22)10-3-1-2-4-14(10)19/h1-7,12H,8H2,(H,21,22)/t12-/m1/s1. The summed E-state index contributed by atoms with van der Waals surface area (Å²) in [5, 5.41) is 9.31. The topological polar surface area (TPSA) is 57.6 Å². The first kappa shape index (κ1) is 14.7. The van der Waals surface area contributed by atoms with E-state index in [9.17, 15) is 19.1 Å². The van der Waals surface area contributed by atoms with E-state index in [2.05, 4.69) is 15.9 Å². The predicted molar refractivity (Wildman–Crippen MR) is 82.6 cm³/mol. The molecule has 1 aliphatic heterocycles. The quantitative estimate of drug-likeness (QED) is 0.889. The number of hydrogen-bond acceptors (Lipinski definition) is 2. The van der Waals surface area contributed by atoms with Gasteiger partial charge in [-0.1, -0.05) is 34.1 Å². The summed E-state index contributed by atoms with van der Waals surface area (Å²) in [5.74, 6) is -2.98. The molecule has 2 aromatic rings. The summed E-state index contributed by atoms with van der Waals surface area (Å²) in [7, 11) is 0. The maximum atomic E-state index is 13.9. The zero-order valence-corrected chi connectivity index (χ0v) is 12.9. The molecule has 112 valence electrons. The van der Waals surface area contributed by atoms with Gasteiger partial charge in [0.15, 0.2) is 0 Å². The van der Waals surface area contributed by atoms with Crippen LogP contribution in [0.4, 0.5) is 10.1 Å². The van der Waals surface area contributed by atoms with E-state index in [4.69, 9.17) is 0 Å². The van der Waals surface area contributed by atoms with Crippen LogP contribution < -0.4 is 4.90 Å². The number of carbonyl (C=O) groups excluding carboxylic acids is 1. The lowest BCUT2D eigenvalue weighted by atomic mass is 10.0. The number of para-hydroxylation sites is 1. The molecule has 3 rings (SSSR count). The van der Waals surface area contributed by atoms with Gasteiger partial charge in [-0.3, -0.25) is 9.59 Å². The van der Waals surface area contributed by atoms with E-state index in [1.807, 2.05) is 0 Å². The molecule has 1 amide bonds. The number of benzene rings is 2. The van der Waals surface area contributed by atoms with Gasteiger partial charge in [0.2, 0.25) is 0 Å². The normalized spacial score (nSPS) is 16.5. The molecule has 1 atom stereocenters. The van der Waals surface area contributed by atoms with Crippen molar-refractivity contribution in [1.82, 2.24) is 0 Å². The molecule has 0 unspecified atom stereocenters. The molecular formula is C16H11BrFNO3. The van der Waals surface area contributed by atoms with Gasteiger partial charge < -0.3 is 10.0 Å². The number of rotatable bonds is 2. The number of carboxylic acids is 1. The molecule has 0 saturated heterocycles. The molecule has 1 aliphatic rings. The Bertz CT molecular complexity index is 778. The summed E-state index contributed by atoms with van der Waals surface area (Å²) >= 11 is 3.21. The molecule has 0 spiro atoms. The highest BCUT2D eigenvalue weighted by molar-refractivity contribution is 9.10. The second-order valence-corrected chi connectivity index (χ2v) is 5.91. The maximum Gasteiger partial charge on any atom is 0.312 e. The lowest BCUT2D eigenvalue weighted by molar-refractivity contribution is -0.138. The molecule has 0 radical (unpaired) electrons. The molecule has 1 N–H and O–H groups in total. The molecule has 22 heavy (non-hydrogen) atoms. The Morgan fingerprint density at radius 2 is 1.95 bits per heavy atom. The Morgan fingerprint density at radius 3 is 2.68 bits per heavy atom. The van der Waals surface area contributed by atoms with Gasteiger partial charge in [0.05, 0.1) is 5.56 Å². The van der Waals surface area contributed by atoms with Gasteiger partial charge in [0.25, 0.3) is 5.91 Å². The molecule has 0 aromatic heterocycles. The van der Waals surface area contributed by atoms with Crippen molar-refractivity contribution < 1.29 is 19.1 Å². The summed E-state index contributed by atoms with van der Waals surface area (Å²) in [6.45, 7) is -0.000529. The third kappa shape index (κ3) is 2.39. The number of fused-ring (bicyclic) bond motifs is 1. The fourth-order valence-electron chi connectivity index (χ4n) is 2.62. The Labute approximate surface area is 134 Å². The largest absolute Gasteiger partial charge is 0.481 e. The summed E-state index contributed by atoms with van der Waals surface area (Å²) in [6.07, 6.45) is 0. The van der Waals surface area contributed by atoms with E-state index in [0.29, 0.717) is 15.7 Å². The van der Waals surface area contributed by atoms with Gasteiger partial charge in [-0.2, -0.15) is 0 Å². The summed E-state index contributed by atoms with van der Waals surface area (Å²) in [6, 6.07) is 10.9. The summed E-state index contributed by atoms with van der Waals surface area (Å²) in [4.78, 5) is 25.3. The van der Waals surface area contributed by atoms with Crippen LogP contribution in [0.2, 0.25) is 0 Å². The fourth-order valence-corrected chi connectivity index (χ4v) is 2.98. The van der Waals surface area contributed by atoms with Crippen LogP contribution in [0.5, 0.6) is 0 Å². The zero-order chi connectivity index (χ0) is 15.9. The fraction of sp³-hybridized carbons (Fsp3) is 0.125. The number of anilines is 1. The minimum Gasteiger partial charge on any atom is -0.481 e. The summed E-state index contributed by atoms with van der Waals surface area (Å²) in [5.41, 5.74) is 0.994. The van der Waals surface area contributed by atoms with Crippen molar-refractivity contribution in [2.75, 3.05) is 11.4 Å². The number of halogens is 2. The molecule has 0 saturated carbocycles. The highest BCUT2D eigenvalue weighted by Crippen LogP contribution is 2.37. The van der Waals surface area contributed by atoms with Crippen molar-refractivity contribution >= 4 is 33.5 Å². The van der Waals surface area contributed by atoms with Crippen molar-refractivity contribution in [3.8, 4) is 0 Å². The second kappa shape index (κ2) is 5.53. The van der Waals surface area contributed by atoms with Crippen LogP contribution in [0.15, 0.2) is 46.9 Å². The van der Waals surface area contributed by atoms with Gasteiger partial charge >= 0.3 is 5.97 Å². The third-order valence-corrected chi connectivity index (χ3v) is 4.16. The molecule has 0 aliphatic carbocycles. The zero-order valence-electron chi connectivity index (χ0n) is 11.3. The molecular weight excluding hydrogens is 353 g/mol. The van der Waals surface area contributed by atoms with Crippen LogP contribution in [-0.4, -0.2) is 23.5 Å². The Hall–Kier alpha value is -2.21. The highest BCUT2D eigenvalue weighted by Gasteiger charge is 2.37. The number of aliphatic carboxylic acids is 1. The van der Waals surface area contributed by atoms with E-state index >= 15 is 0 Å². The Kier molecular flexibility index (Phi) is 3.70. The van der Waals surface area contributed by atoms with E-state index in [1.54, 1.807) is 24.3 Å². The van der Waals surface area contributed by atoms with Crippen molar-refractivity contribution in [3.05, 3.63) is 63.9 Å². The van der Waals surface area contributed by atoms with Gasteiger partial charge in [-0.05, 0) is 29.8 Å². The average Bonchev–Trinajstić information content (AvgIpc) is 2.89. The number of nitrogens with zero attached hydrogens (tertiary/aromatic N) is 1. The molecule has 6 heteroatoms. The number of carboxylic acid groups (broad SMARTS) is 1. The van der Waals surface area contributed by atoms with Gasteiger partial charge in [-0.25, -0.2) is 4.39 Å². The minimum atomic E-state index is -1.00.